The quantitative estimate of drug-likeness (QED) is 0.696. The Balaban J connectivity index is 2.38. The van der Waals surface area contributed by atoms with Crippen LogP contribution < -0.4 is 0 Å². The molecule has 76 valence electrons. The minimum absolute atomic E-state index is 0.221. The lowest BCUT2D eigenvalue weighted by Crippen LogP contribution is -2.10. The van der Waals surface area contributed by atoms with Gasteiger partial charge in [0.15, 0.2) is 0 Å². The predicted octanol–water partition coefficient (Wildman–Crippen LogP) is 3.23. The molecule has 1 unspecified atom stereocenters. The minimum Gasteiger partial charge on any atom is -0.299 e. The number of rotatable bonds is 5. The van der Waals surface area contributed by atoms with Crippen LogP contribution in [0.3, 0.4) is 0 Å². The fourth-order valence-electron chi connectivity index (χ4n) is 1.39. The molecule has 14 heavy (non-hydrogen) atoms. The number of carbonyl (C=O) groups is 1. The normalized spacial score (nSPS) is 12.4. The van der Waals surface area contributed by atoms with Crippen LogP contribution >= 0.6 is 0 Å². The number of benzene rings is 1. The third kappa shape index (κ3) is 3.33. The summed E-state index contributed by atoms with van der Waals surface area (Å²) in [6.45, 7) is 4.07. The highest BCUT2D eigenvalue weighted by molar-refractivity contribution is 5.80. The number of hydrogen-bond acceptors (Lipinski definition) is 1. The average molecular weight is 190 g/mol. The van der Waals surface area contributed by atoms with E-state index in [-0.39, 0.29) is 5.92 Å². The summed E-state index contributed by atoms with van der Waals surface area (Å²) in [6, 6.07) is 10.2. The fourth-order valence-corrected chi connectivity index (χ4v) is 1.39. The fraction of sp³-hybridized carbons (Fsp3) is 0.462. The zero-order valence-corrected chi connectivity index (χ0v) is 8.99. The summed E-state index contributed by atoms with van der Waals surface area (Å²) in [7, 11) is 0. The number of carbonyl (C=O) groups excluding carboxylic acids is 1. The first-order valence-electron chi connectivity index (χ1n) is 5.30. The molecule has 0 radical (unpaired) electrons. The highest BCUT2D eigenvalue weighted by atomic mass is 16.1. The van der Waals surface area contributed by atoms with E-state index in [0.29, 0.717) is 12.2 Å². The topological polar surface area (TPSA) is 17.1 Å². The Morgan fingerprint density at radius 1 is 1.29 bits per heavy atom. The van der Waals surface area contributed by atoms with Crippen LogP contribution in [0.2, 0.25) is 0 Å². The average Bonchev–Trinajstić information content (AvgIpc) is 2.26. The van der Waals surface area contributed by atoms with Crippen molar-refractivity contribution in [1.29, 1.82) is 0 Å². The summed E-state index contributed by atoms with van der Waals surface area (Å²) in [4.78, 5) is 11.5. The van der Waals surface area contributed by atoms with Gasteiger partial charge in [-0.1, -0.05) is 44.2 Å². The van der Waals surface area contributed by atoms with Gasteiger partial charge in [-0.05, 0) is 18.4 Å². The molecule has 1 heteroatoms. The second-order valence-electron chi connectivity index (χ2n) is 3.76. The van der Waals surface area contributed by atoms with Gasteiger partial charge in [0.25, 0.3) is 0 Å². The number of hydrogen-bond donors (Lipinski definition) is 0. The molecule has 1 atom stereocenters. The summed E-state index contributed by atoms with van der Waals surface area (Å²) in [5.74, 6) is 0.607. The third-order valence-electron chi connectivity index (χ3n) is 2.66. The number of ketones is 1. The van der Waals surface area contributed by atoms with Crippen LogP contribution in [-0.4, -0.2) is 5.78 Å². The third-order valence-corrected chi connectivity index (χ3v) is 2.66. The zero-order chi connectivity index (χ0) is 10.4. The van der Waals surface area contributed by atoms with Gasteiger partial charge in [0, 0.05) is 12.3 Å². The van der Waals surface area contributed by atoms with E-state index >= 15 is 0 Å². The van der Waals surface area contributed by atoms with Crippen molar-refractivity contribution in [3.63, 3.8) is 0 Å². The van der Waals surface area contributed by atoms with Crippen molar-refractivity contribution in [3.05, 3.63) is 35.9 Å². The maximum Gasteiger partial charge on any atom is 0.136 e. The van der Waals surface area contributed by atoms with E-state index in [4.69, 9.17) is 0 Å². The molecule has 0 aromatic heterocycles. The summed E-state index contributed by atoms with van der Waals surface area (Å²) >= 11 is 0. The van der Waals surface area contributed by atoms with Gasteiger partial charge in [-0.15, -0.1) is 0 Å². The van der Waals surface area contributed by atoms with Crippen molar-refractivity contribution in [1.82, 2.24) is 0 Å². The Morgan fingerprint density at radius 2 is 1.93 bits per heavy atom. The van der Waals surface area contributed by atoms with Gasteiger partial charge in [-0.2, -0.15) is 0 Å². The van der Waals surface area contributed by atoms with E-state index in [2.05, 4.69) is 19.1 Å². The molecule has 0 heterocycles. The lowest BCUT2D eigenvalue weighted by Gasteiger charge is -2.06. The maximum atomic E-state index is 11.5. The van der Waals surface area contributed by atoms with Gasteiger partial charge in [0.2, 0.25) is 0 Å². The summed E-state index contributed by atoms with van der Waals surface area (Å²) in [5.41, 5.74) is 1.25. The first-order chi connectivity index (χ1) is 6.74. The Morgan fingerprint density at radius 3 is 2.50 bits per heavy atom. The molecule has 0 saturated heterocycles. The van der Waals surface area contributed by atoms with E-state index in [9.17, 15) is 4.79 Å². The van der Waals surface area contributed by atoms with E-state index in [1.54, 1.807) is 0 Å². The summed E-state index contributed by atoms with van der Waals surface area (Å²) in [6.07, 6.45) is 2.51. The SMILES string of the molecule is CCC(C)C(=O)CCc1ccccc1. The van der Waals surface area contributed by atoms with Crippen molar-refractivity contribution in [2.45, 2.75) is 33.1 Å². The molecule has 0 fully saturated rings. The molecular weight excluding hydrogens is 172 g/mol. The van der Waals surface area contributed by atoms with Gasteiger partial charge in [0.05, 0.1) is 0 Å². The van der Waals surface area contributed by atoms with E-state index in [1.807, 2.05) is 25.1 Å². The number of Topliss-reactive ketones (excluding diaryl/α,β-unsaturated/α-hetero) is 1. The molecule has 0 spiro atoms. The molecule has 1 nitrogen and oxygen atoms in total. The van der Waals surface area contributed by atoms with Gasteiger partial charge in [-0.3, -0.25) is 4.79 Å². The predicted molar refractivity (Wildman–Crippen MR) is 59.2 cm³/mol. The van der Waals surface area contributed by atoms with Gasteiger partial charge in [-0.25, -0.2) is 0 Å². The van der Waals surface area contributed by atoms with Gasteiger partial charge >= 0.3 is 0 Å². The molecule has 0 aliphatic rings. The molecule has 0 aliphatic carbocycles. The van der Waals surface area contributed by atoms with Crippen LogP contribution in [-0.2, 0) is 11.2 Å². The molecule has 0 amide bonds. The monoisotopic (exact) mass is 190 g/mol. The first-order valence-corrected chi connectivity index (χ1v) is 5.30. The molecule has 1 rings (SSSR count). The van der Waals surface area contributed by atoms with Crippen LogP contribution in [0.4, 0.5) is 0 Å². The summed E-state index contributed by atoms with van der Waals surface area (Å²) in [5, 5.41) is 0. The van der Waals surface area contributed by atoms with Gasteiger partial charge < -0.3 is 0 Å². The van der Waals surface area contributed by atoms with E-state index in [1.165, 1.54) is 5.56 Å². The van der Waals surface area contributed by atoms with Crippen LogP contribution in [0.25, 0.3) is 0 Å². The molecule has 0 bridgehead atoms. The largest absolute Gasteiger partial charge is 0.299 e. The Bertz CT molecular complexity index is 277. The summed E-state index contributed by atoms with van der Waals surface area (Å²) < 4.78 is 0. The number of aryl methyl sites for hydroxylation is 1. The highest BCUT2D eigenvalue weighted by Gasteiger charge is 2.09. The van der Waals surface area contributed by atoms with Crippen molar-refractivity contribution in [2.24, 2.45) is 5.92 Å². The molecular formula is C13H18O. The Kier molecular flexibility index (Phi) is 4.37. The highest BCUT2D eigenvalue weighted by Crippen LogP contribution is 2.09. The standard InChI is InChI=1S/C13H18O/c1-3-11(2)13(14)10-9-12-7-5-4-6-8-12/h4-8,11H,3,9-10H2,1-2H3. The van der Waals surface area contributed by atoms with Crippen LogP contribution in [0.1, 0.15) is 32.3 Å². The molecule has 0 N–H and O–H groups in total. The van der Waals surface area contributed by atoms with E-state index < -0.39 is 0 Å². The second-order valence-corrected chi connectivity index (χ2v) is 3.76. The van der Waals surface area contributed by atoms with Gasteiger partial charge in [0.1, 0.15) is 5.78 Å². The Hall–Kier alpha value is -1.11. The van der Waals surface area contributed by atoms with Crippen LogP contribution in [0.5, 0.6) is 0 Å². The molecule has 1 aromatic carbocycles. The Labute approximate surface area is 86.1 Å². The molecule has 1 aromatic rings. The van der Waals surface area contributed by atoms with E-state index in [0.717, 1.165) is 12.8 Å². The van der Waals surface area contributed by atoms with Crippen molar-refractivity contribution in [3.8, 4) is 0 Å². The lowest BCUT2D eigenvalue weighted by molar-refractivity contribution is -0.122. The molecule has 0 saturated carbocycles. The van der Waals surface area contributed by atoms with Crippen LogP contribution in [0, 0.1) is 5.92 Å². The van der Waals surface area contributed by atoms with Crippen molar-refractivity contribution in [2.75, 3.05) is 0 Å². The van der Waals surface area contributed by atoms with Crippen LogP contribution in [0.15, 0.2) is 30.3 Å². The molecule has 0 aliphatic heterocycles. The zero-order valence-electron chi connectivity index (χ0n) is 8.99. The second kappa shape index (κ2) is 5.58. The smallest absolute Gasteiger partial charge is 0.136 e. The first kappa shape index (κ1) is 11.0. The van der Waals surface area contributed by atoms with Crippen molar-refractivity contribution >= 4 is 5.78 Å². The maximum absolute atomic E-state index is 11.5. The lowest BCUT2D eigenvalue weighted by atomic mass is 9.98. The minimum atomic E-state index is 0.221. The van der Waals surface area contributed by atoms with Crippen molar-refractivity contribution < 1.29 is 4.79 Å².